The summed E-state index contributed by atoms with van der Waals surface area (Å²) >= 11 is 0. The molecule has 1 N–H and O–H groups in total. The molecule has 6 heteroatoms. The first-order valence-corrected chi connectivity index (χ1v) is 5.77. The molecule has 0 spiro atoms. The Morgan fingerprint density at radius 1 is 1.39 bits per heavy atom. The van der Waals surface area contributed by atoms with Gasteiger partial charge in [0.1, 0.15) is 0 Å². The van der Waals surface area contributed by atoms with Gasteiger partial charge in [-0.1, -0.05) is 25.5 Å². The highest BCUT2D eigenvalue weighted by molar-refractivity contribution is 5.67. The van der Waals surface area contributed by atoms with Crippen molar-refractivity contribution in [2.24, 2.45) is 0 Å². The molecule has 0 saturated carbocycles. The number of carbonyl (C=O) groups is 1. The predicted octanol–water partition coefficient (Wildman–Crippen LogP) is 2.62. The lowest BCUT2D eigenvalue weighted by Gasteiger charge is -2.06. The van der Waals surface area contributed by atoms with E-state index in [4.69, 9.17) is 4.74 Å². The molecule has 0 atom stereocenters. The molecular formula is C12H16N2O4. The lowest BCUT2D eigenvalue weighted by molar-refractivity contribution is -0.384. The standard InChI is InChI=1S/C12H16N2O4/c1-2-3-8-18-12(15)13-9-10-4-6-11(7-5-10)14(16)17/h4-7H,2-3,8-9H2,1H3,(H,13,15). The van der Waals surface area contributed by atoms with E-state index in [-0.39, 0.29) is 5.69 Å². The molecular weight excluding hydrogens is 236 g/mol. The van der Waals surface area contributed by atoms with Crippen LogP contribution in [0.5, 0.6) is 0 Å². The number of nitrogens with zero attached hydrogens (tertiary/aromatic N) is 1. The van der Waals surface area contributed by atoms with Gasteiger partial charge in [-0.25, -0.2) is 4.79 Å². The number of hydrogen-bond acceptors (Lipinski definition) is 4. The van der Waals surface area contributed by atoms with E-state index in [1.165, 1.54) is 12.1 Å². The van der Waals surface area contributed by atoms with Crippen molar-refractivity contribution in [3.63, 3.8) is 0 Å². The summed E-state index contributed by atoms with van der Waals surface area (Å²) in [5.41, 5.74) is 0.817. The van der Waals surface area contributed by atoms with Gasteiger partial charge < -0.3 is 10.1 Å². The van der Waals surface area contributed by atoms with Crippen molar-refractivity contribution in [2.75, 3.05) is 6.61 Å². The van der Waals surface area contributed by atoms with E-state index in [1.807, 2.05) is 6.92 Å². The second-order valence-corrected chi connectivity index (χ2v) is 3.77. The molecule has 0 saturated heterocycles. The maximum absolute atomic E-state index is 11.2. The van der Waals surface area contributed by atoms with E-state index in [0.717, 1.165) is 18.4 Å². The third-order valence-corrected chi connectivity index (χ3v) is 2.32. The van der Waals surface area contributed by atoms with E-state index in [0.29, 0.717) is 13.2 Å². The number of carbonyl (C=O) groups excluding carboxylic acids is 1. The Morgan fingerprint density at radius 2 is 2.06 bits per heavy atom. The summed E-state index contributed by atoms with van der Waals surface area (Å²) in [6, 6.07) is 6.01. The van der Waals surface area contributed by atoms with E-state index in [2.05, 4.69) is 5.32 Å². The summed E-state index contributed by atoms with van der Waals surface area (Å²) in [6.07, 6.45) is 1.34. The smallest absolute Gasteiger partial charge is 0.407 e. The van der Waals surface area contributed by atoms with Gasteiger partial charge in [-0.3, -0.25) is 10.1 Å². The van der Waals surface area contributed by atoms with Crippen molar-refractivity contribution in [3.05, 3.63) is 39.9 Å². The number of ether oxygens (including phenoxy) is 1. The van der Waals surface area contributed by atoms with Gasteiger partial charge in [-0.15, -0.1) is 0 Å². The molecule has 1 amide bonds. The van der Waals surface area contributed by atoms with Crippen LogP contribution in [0.1, 0.15) is 25.3 Å². The largest absolute Gasteiger partial charge is 0.450 e. The minimum absolute atomic E-state index is 0.0317. The molecule has 1 rings (SSSR count). The third-order valence-electron chi connectivity index (χ3n) is 2.32. The normalized spacial score (nSPS) is 9.83. The van der Waals surface area contributed by atoms with Crippen LogP contribution >= 0.6 is 0 Å². The Labute approximate surface area is 105 Å². The Bertz CT molecular complexity index is 403. The fourth-order valence-electron chi connectivity index (χ4n) is 1.27. The van der Waals surface area contributed by atoms with Crippen LogP contribution in [0.3, 0.4) is 0 Å². The van der Waals surface area contributed by atoms with Crippen molar-refractivity contribution in [1.82, 2.24) is 5.32 Å². The van der Waals surface area contributed by atoms with Crippen molar-refractivity contribution in [2.45, 2.75) is 26.3 Å². The Morgan fingerprint density at radius 3 is 2.61 bits per heavy atom. The second-order valence-electron chi connectivity index (χ2n) is 3.77. The number of nitrogens with one attached hydrogen (secondary N) is 1. The molecule has 0 aliphatic heterocycles. The Balaban J connectivity index is 2.34. The minimum atomic E-state index is -0.471. The number of amides is 1. The van der Waals surface area contributed by atoms with Gasteiger partial charge in [0.2, 0.25) is 0 Å². The van der Waals surface area contributed by atoms with Crippen molar-refractivity contribution in [3.8, 4) is 0 Å². The maximum Gasteiger partial charge on any atom is 0.407 e. The van der Waals surface area contributed by atoms with E-state index < -0.39 is 11.0 Å². The Kier molecular flexibility index (Phi) is 5.63. The molecule has 0 bridgehead atoms. The molecule has 0 unspecified atom stereocenters. The quantitative estimate of drug-likeness (QED) is 0.479. The number of nitro benzene ring substituents is 1. The zero-order chi connectivity index (χ0) is 13.4. The molecule has 18 heavy (non-hydrogen) atoms. The van der Waals surface area contributed by atoms with Crippen LogP contribution < -0.4 is 5.32 Å². The fraction of sp³-hybridized carbons (Fsp3) is 0.417. The minimum Gasteiger partial charge on any atom is -0.450 e. The van der Waals surface area contributed by atoms with E-state index in [1.54, 1.807) is 12.1 Å². The SMILES string of the molecule is CCCCOC(=O)NCc1ccc([N+](=O)[O-])cc1. The number of hydrogen-bond donors (Lipinski definition) is 1. The maximum atomic E-state index is 11.2. The van der Waals surface area contributed by atoms with Gasteiger partial charge >= 0.3 is 6.09 Å². The number of rotatable bonds is 6. The van der Waals surface area contributed by atoms with Gasteiger partial charge in [0.25, 0.3) is 5.69 Å². The van der Waals surface area contributed by atoms with Crippen LogP contribution in [-0.4, -0.2) is 17.6 Å². The summed E-state index contributed by atoms with van der Waals surface area (Å²) in [6.45, 7) is 2.71. The fourth-order valence-corrected chi connectivity index (χ4v) is 1.27. The number of non-ortho nitro benzene ring substituents is 1. The number of unbranched alkanes of at least 4 members (excludes halogenated alkanes) is 1. The van der Waals surface area contributed by atoms with Crippen molar-refractivity contribution < 1.29 is 14.5 Å². The second kappa shape index (κ2) is 7.26. The molecule has 1 aromatic rings. The van der Waals surface area contributed by atoms with Crippen LogP contribution in [0.4, 0.5) is 10.5 Å². The highest BCUT2D eigenvalue weighted by Gasteiger charge is 2.05. The number of nitro groups is 1. The molecule has 0 radical (unpaired) electrons. The number of alkyl carbamates (subject to hydrolysis) is 1. The van der Waals surface area contributed by atoms with Gasteiger partial charge in [0.15, 0.2) is 0 Å². The molecule has 1 aromatic carbocycles. The first-order chi connectivity index (χ1) is 8.63. The summed E-state index contributed by atoms with van der Waals surface area (Å²) in [7, 11) is 0. The molecule has 0 aliphatic carbocycles. The van der Waals surface area contributed by atoms with Crippen LogP contribution in [0, 0.1) is 10.1 Å². The number of benzene rings is 1. The molecule has 0 aliphatic rings. The van der Waals surface area contributed by atoms with Crippen LogP contribution in [0.15, 0.2) is 24.3 Å². The van der Waals surface area contributed by atoms with Gasteiger partial charge in [-0.05, 0) is 12.0 Å². The first-order valence-electron chi connectivity index (χ1n) is 5.77. The van der Waals surface area contributed by atoms with Crippen LogP contribution in [0.2, 0.25) is 0 Å². The van der Waals surface area contributed by atoms with Crippen LogP contribution in [-0.2, 0) is 11.3 Å². The highest BCUT2D eigenvalue weighted by Crippen LogP contribution is 2.11. The lowest BCUT2D eigenvalue weighted by Crippen LogP contribution is -2.24. The summed E-state index contributed by atoms with van der Waals surface area (Å²) in [4.78, 5) is 21.2. The molecule has 6 nitrogen and oxygen atoms in total. The van der Waals surface area contributed by atoms with Crippen LogP contribution in [0.25, 0.3) is 0 Å². The summed E-state index contributed by atoms with van der Waals surface area (Å²) in [5.74, 6) is 0. The van der Waals surface area contributed by atoms with E-state index >= 15 is 0 Å². The van der Waals surface area contributed by atoms with E-state index in [9.17, 15) is 14.9 Å². The van der Waals surface area contributed by atoms with Crippen molar-refractivity contribution >= 4 is 11.8 Å². The zero-order valence-electron chi connectivity index (χ0n) is 10.2. The molecule has 0 aromatic heterocycles. The Hall–Kier alpha value is -2.11. The first kappa shape index (κ1) is 14.0. The monoisotopic (exact) mass is 252 g/mol. The molecule has 0 fully saturated rings. The molecule has 98 valence electrons. The van der Waals surface area contributed by atoms with Crippen molar-refractivity contribution in [1.29, 1.82) is 0 Å². The highest BCUT2D eigenvalue weighted by atomic mass is 16.6. The zero-order valence-corrected chi connectivity index (χ0v) is 10.2. The van der Waals surface area contributed by atoms with Gasteiger partial charge in [-0.2, -0.15) is 0 Å². The lowest BCUT2D eigenvalue weighted by atomic mass is 10.2. The predicted molar refractivity (Wildman–Crippen MR) is 66.2 cm³/mol. The average Bonchev–Trinajstić information content (AvgIpc) is 2.37. The summed E-state index contributed by atoms with van der Waals surface area (Å²) in [5, 5.41) is 13.0. The van der Waals surface area contributed by atoms with Gasteiger partial charge in [0, 0.05) is 18.7 Å². The van der Waals surface area contributed by atoms with Gasteiger partial charge in [0.05, 0.1) is 11.5 Å². The summed E-state index contributed by atoms with van der Waals surface area (Å²) < 4.78 is 4.91. The molecule has 0 heterocycles. The third kappa shape index (κ3) is 4.82. The average molecular weight is 252 g/mol. The topological polar surface area (TPSA) is 81.5 Å².